The van der Waals surface area contributed by atoms with E-state index in [9.17, 15) is 9.90 Å². The van der Waals surface area contributed by atoms with Crippen molar-refractivity contribution >= 4 is 5.97 Å². The van der Waals surface area contributed by atoms with Gasteiger partial charge in [-0.25, -0.2) is 0 Å². The molecule has 0 bridgehead atoms. The number of carbonyl (C=O) groups is 1. The number of carboxylic acid groups (broad SMARTS) is 1. The van der Waals surface area contributed by atoms with Crippen molar-refractivity contribution in [1.29, 1.82) is 0 Å². The standard InChI is InChI=1S/C15H28N2O3/c1-11(12-4-5-12)17(8-9-20-3)13-6-7-15(10-13,16-2)14(18)19/h11-13,16H,4-10H2,1-3H3,(H,18,19). The maximum absolute atomic E-state index is 11.5. The Hall–Kier alpha value is -0.650. The second kappa shape index (κ2) is 6.41. The van der Waals surface area contributed by atoms with E-state index in [1.807, 2.05) is 0 Å². The Morgan fingerprint density at radius 1 is 1.50 bits per heavy atom. The van der Waals surface area contributed by atoms with Crippen molar-refractivity contribution in [1.82, 2.24) is 10.2 Å². The number of nitrogens with one attached hydrogen (secondary N) is 1. The second-order valence-corrected chi connectivity index (χ2v) is 6.34. The number of nitrogens with zero attached hydrogens (tertiary/aromatic N) is 1. The first-order chi connectivity index (χ1) is 9.54. The molecule has 0 aromatic carbocycles. The molecule has 0 spiro atoms. The molecule has 0 saturated heterocycles. The molecule has 2 saturated carbocycles. The zero-order chi connectivity index (χ0) is 14.8. The molecule has 2 aliphatic carbocycles. The summed E-state index contributed by atoms with van der Waals surface area (Å²) in [6.45, 7) is 3.90. The van der Waals surface area contributed by atoms with Crippen LogP contribution in [0.5, 0.6) is 0 Å². The van der Waals surface area contributed by atoms with Crippen molar-refractivity contribution in [2.45, 2.75) is 56.7 Å². The van der Waals surface area contributed by atoms with E-state index < -0.39 is 11.5 Å². The third-order valence-corrected chi connectivity index (χ3v) is 5.23. The van der Waals surface area contributed by atoms with Gasteiger partial charge < -0.3 is 15.2 Å². The Kier molecular flexibility index (Phi) is 5.04. The van der Waals surface area contributed by atoms with E-state index in [4.69, 9.17) is 4.74 Å². The molecule has 3 atom stereocenters. The lowest BCUT2D eigenvalue weighted by atomic mass is 9.97. The van der Waals surface area contributed by atoms with Crippen LogP contribution in [-0.2, 0) is 9.53 Å². The summed E-state index contributed by atoms with van der Waals surface area (Å²) in [7, 11) is 3.49. The molecule has 3 unspecified atom stereocenters. The van der Waals surface area contributed by atoms with Crippen molar-refractivity contribution in [2.24, 2.45) is 5.92 Å². The molecule has 2 aliphatic rings. The van der Waals surface area contributed by atoms with Crippen LogP contribution in [0.1, 0.15) is 39.0 Å². The molecule has 2 N–H and O–H groups in total. The molecule has 2 fully saturated rings. The van der Waals surface area contributed by atoms with Crippen LogP contribution < -0.4 is 5.32 Å². The van der Waals surface area contributed by atoms with Gasteiger partial charge in [-0.1, -0.05) is 0 Å². The number of ether oxygens (including phenoxy) is 1. The minimum absolute atomic E-state index is 0.351. The van der Waals surface area contributed by atoms with Gasteiger partial charge in [0.2, 0.25) is 0 Å². The van der Waals surface area contributed by atoms with Gasteiger partial charge in [-0.05, 0) is 52.0 Å². The summed E-state index contributed by atoms with van der Waals surface area (Å²) in [6, 6.07) is 0.890. The van der Waals surface area contributed by atoms with E-state index in [-0.39, 0.29) is 0 Å². The number of rotatable bonds is 8. The van der Waals surface area contributed by atoms with Gasteiger partial charge in [-0.2, -0.15) is 0 Å². The molecule has 0 aromatic heterocycles. The van der Waals surface area contributed by atoms with Crippen LogP contribution in [0.15, 0.2) is 0 Å². The molecule has 116 valence electrons. The number of hydrogen-bond donors (Lipinski definition) is 2. The maximum atomic E-state index is 11.5. The summed E-state index contributed by atoms with van der Waals surface area (Å²) >= 11 is 0. The van der Waals surface area contributed by atoms with Gasteiger partial charge in [-0.15, -0.1) is 0 Å². The Labute approximate surface area is 121 Å². The largest absolute Gasteiger partial charge is 0.480 e. The summed E-state index contributed by atoms with van der Waals surface area (Å²) in [5.41, 5.74) is -0.737. The average Bonchev–Trinajstić information content (AvgIpc) is 3.19. The fourth-order valence-corrected chi connectivity index (χ4v) is 3.60. The minimum atomic E-state index is -0.737. The maximum Gasteiger partial charge on any atom is 0.323 e. The fourth-order valence-electron chi connectivity index (χ4n) is 3.60. The first-order valence-corrected chi connectivity index (χ1v) is 7.71. The van der Waals surface area contributed by atoms with Crippen LogP contribution in [0.25, 0.3) is 0 Å². The van der Waals surface area contributed by atoms with E-state index >= 15 is 0 Å². The Morgan fingerprint density at radius 2 is 2.20 bits per heavy atom. The molecule has 0 aromatic rings. The van der Waals surface area contributed by atoms with Gasteiger partial charge in [0, 0.05) is 25.7 Å². The van der Waals surface area contributed by atoms with Gasteiger partial charge in [0.15, 0.2) is 0 Å². The van der Waals surface area contributed by atoms with Gasteiger partial charge in [0.05, 0.1) is 6.61 Å². The van der Waals surface area contributed by atoms with Gasteiger partial charge in [0.25, 0.3) is 0 Å². The predicted octanol–water partition coefficient (Wildman–Crippen LogP) is 1.33. The molecular formula is C15H28N2O3. The summed E-state index contributed by atoms with van der Waals surface area (Å²) in [5.74, 6) is 0.0783. The smallest absolute Gasteiger partial charge is 0.323 e. The highest BCUT2D eigenvalue weighted by molar-refractivity contribution is 5.79. The summed E-state index contributed by atoms with van der Waals surface area (Å²) in [4.78, 5) is 14.0. The third-order valence-electron chi connectivity index (χ3n) is 5.23. The van der Waals surface area contributed by atoms with Crippen molar-refractivity contribution in [3.63, 3.8) is 0 Å². The Bertz CT molecular complexity index is 346. The number of likely N-dealkylation sites (N-methyl/N-ethyl adjacent to an activating group) is 1. The topological polar surface area (TPSA) is 61.8 Å². The molecular weight excluding hydrogens is 256 g/mol. The fraction of sp³-hybridized carbons (Fsp3) is 0.933. The Morgan fingerprint density at radius 3 is 2.65 bits per heavy atom. The van der Waals surface area contributed by atoms with E-state index in [0.29, 0.717) is 31.5 Å². The highest BCUT2D eigenvalue weighted by Crippen LogP contribution is 2.40. The predicted molar refractivity (Wildman–Crippen MR) is 77.8 cm³/mol. The summed E-state index contributed by atoms with van der Waals surface area (Å²) in [5, 5.41) is 12.5. The zero-order valence-corrected chi connectivity index (χ0v) is 12.9. The van der Waals surface area contributed by atoms with Gasteiger partial charge in [-0.3, -0.25) is 9.69 Å². The molecule has 20 heavy (non-hydrogen) atoms. The van der Waals surface area contributed by atoms with Crippen LogP contribution in [0.4, 0.5) is 0 Å². The molecule has 0 amide bonds. The monoisotopic (exact) mass is 284 g/mol. The molecule has 2 rings (SSSR count). The van der Waals surface area contributed by atoms with E-state index in [1.165, 1.54) is 12.8 Å². The summed E-state index contributed by atoms with van der Waals surface area (Å²) in [6.07, 6.45) is 4.98. The van der Waals surface area contributed by atoms with Crippen molar-refractivity contribution in [3.8, 4) is 0 Å². The van der Waals surface area contributed by atoms with Crippen LogP contribution in [0, 0.1) is 5.92 Å². The molecule has 5 nitrogen and oxygen atoms in total. The van der Waals surface area contributed by atoms with Crippen molar-refractivity contribution in [2.75, 3.05) is 27.3 Å². The average molecular weight is 284 g/mol. The quantitative estimate of drug-likeness (QED) is 0.704. The van der Waals surface area contributed by atoms with Gasteiger partial charge in [0.1, 0.15) is 5.54 Å². The molecule has 0 radical (unpaired) electrons. The lowest BCUT2D eigenvalue weighted by Gasteiger charge is -2.35. The lowest BCUT2D eigenvalue weighted by molar-refractivity contribution is -0.144. The van der Waals surface area contributed by atoms with E-state index in [2.05, 4.69) is 17.1 Å². The van der Waals surface area contributed by atoms with Crippen LogP contribution in [0.2, 0.25) is 0 Å². The van der Waals surface area contributed by atoms with Gasteiger partial charge >= 0.3 is 5.97 Å². The van der Waals surface area contributed by atoms with Crippen molar-refractivity contribution in [3.05, 3.63) is 0 Å². The van der Waals surface area contributed by atoms with E-state index in [1.54, 1.807) is 14.2 Å². The van der Waals surface area contributed by atoms with Crippen molar-refractivity contribution < 1.29 is 14.6 Å². The third kappa shape index (κ3) is 3.15. The zero-order valence-electron chi connectivity index (χ0n) is 12.9. The molecule has 5 heteroatoms. The van der Waals surface area contributed by atoms with Crippen LogP contribution >= 0.6 is 0 Å². The molecule has 0 heterocycles. The number of methoxy groups -OCH3 is 1. The first kappa shape index (κ1) is 15.7. The normalized spacial score (nSPS) is 31.7. The highest BCUT2D eigenvalue weighted by atomic mass is 16.5. The minimum Gasteiger partial charge on any atom is -0.480 e. The SMILES string of the molecule is CNC1(C(=O)O)CCC(N(CCOC)C(C)C2CC2)C1. The second-order valence-electron chi connectivity index (χ2n) is 6.34. The highest BCUT2D eigenvalue weighted by Gasteiger charge is 2.47. The lowest BCUT2D eigenvalue weighted by Crippen LogP contribution is -2.51. The van der Waals surface area contributed by atoms with E-state index in [0.717, 1.165) is 18.9 Å². The number of aliphatic carboxylic acids is 1. The summed E-state index contributed by atoms with van der Waals surface area (Å²) < 4.78 is 5.23. The molecule has 0 aliphatic heterocycles. The number of carboxylic acids is 1. The number of hydrogen-bond acceptors (Lipinski definition) is 4. The Balaban J connectivity index is 2.04. The van der Waals surface area contributed by atoms with Crippen LogP contribution in [0.3, 0.4) is 0 Å². The first-order valence-electron chi connectivity index (χ1n) is 7.71. The van der Waals surface area contributed by atoms with Crippen LogP contribution in [-0.4, -0.2) is 60.9 Å².